The van der Waals surface area contributed by atoms with Gasteiger partial charge in [-0.25, -0.2) is 0 Å². The van der Waals surface area contributed by atoms with Gasteiger partial charge in [-0.1, -0.05) is 24.8 Å². The summed E-state index contributed by atoms with van der Waals surface area (Å²) in [5.74, 6) is -0.139. The van der Waals surface area contributed by atoms with E-state index in [-0.39, 0.29) is 18.2 Å². The normalized spacial score (nSPS) is 10.9. The topological polar surface area (TPSA) is 76.8 Å². The van der Waals surface area contributed by atoms with Crippen LogP contribution in [0.3, 0.4) is 0 Å². The van der Waals surface area contributed by atoms with E-state index in [4.69, 9.17) is 0 Å². The largest absolute Gasteiger partial charge is 0.594 e. The lowest BCUT2D eigenvalue weighted by Gasteiger charge is -2.05. The third-order valence-electron chi connectivity index (χ3n) is 2.42. The minimum absolute atomic E-state index is 0.189. The Morgan fingerprint density at radius 2 is 2.21 bits per heavy atom. The number of ether oxygens (including phenoxy) is 1. The molecule has 0 aliphatic heterocycles. The Bertz CT molecular complexity index is 498. The van der Waals surface area contributed by atoms with Crippen LogP contribution in [-0.4, -0.2) is 24.5 Å². The van der Waals surface area contributed by atoms with E-state index in [2.05, 4.69) is 21.7 Å². The van der Waals surface area contributed by atoms with E-state index in [1.807, 2.05) is 19.1 Å². The quantitative estimate of drug-likeness (QED) is 0.369. The van der Waals surface area contributed by atoms with Crippen molar-refractivity contribution in [1.82, 2.24) is 5.32 Å². The van der Waals surface area contributed by atoms with Crippen molar-refractivity contribution in [3.05, 3.63) is 47.4 Å². The van der Waals surface area contributed by atoms with E-state index in [0.717, 1.165) is 5.56 Å². The molecule has 19 heavy (non-hydrogen) atoms. The number of nitrogens with zero attached hydrogens (tertiary/aromatic N) is 2. The molecule has 0 fully saturated rings. The van der Waals surface area contributed by atoms with Crippen LogP contribution in [0.1, 0.15) is 12.0 Å². The van der Waals surface area contributed by atoms with Crippen molar-refractivity contribution in [3.8, 4) is 0 Å². The van der Waals surface area contributed by atoms with Crippen molar-refractivity contribution >= 4 is 11.7 Å². The summed E-state index contributed by atoms with van der Waals surface area (Å²) in [4.78, 5) is 11.4. The maximum Gasteiger partial charge on any atom is 0.307 e. The van der Waals surface area contributed by atoms with E-state index in [9.17, 15) is 10.0 Å². The summed E-state index contributed by atoms with van der Waals surface area (Å²) in [6.45, 7) is 5.74. The van der Waals surface area contributed by atoms with Gasteiger partial charge in [0.25, 0.3) is 0 Å². The van der Waals surface area contributed by atoms with Crippen molar-refractivity contribution < 1.29 is 14.4 Å². The van der Waals surface area contributed by atoms with E-state index >= 15 is 0 Å². The van der Waals surface area contributed by atoms with Gasteiger partial charge in [0.15, 0.2) is 5.82 Å². The first-order chi connectivity index (χ1) is 9.04. The molecule has 6 heteroatoms. The number of rotatable bonds is 6. The number of methoxy groups -OCH3 is 1. The molecular formula is C13H17N3O3. The molecule has 0 aromatic heterocycles. The summed E-state index contributed by atoms with van der Waals surface area (Å²) in [7, 11) is 1.32. The molecule has 1 N–H and O–H groups in total. The molecule has 1 aromatic carbocycles. The lowest BCUT2D eigenvalue weighted by molar-refractivity contribution is -0.439. The fraction of sp³-hybridized carbons (Fsp3) is 0.308. The average molecular weight is 263 g/mol. The van der Waals surface area contributed by atoms with Crippen molar-refractivity contribution in [1.29, 1.82) is 0 Å². The number of carbonyl (C=O) groups excluding carboxylic acids is 1. The molecule has 0 saturated heterocycles. The molecule has 0 radical (unpaired) electrons. The molecule has 1 rings (SSSR count). The van der Waals surface area contributed by atoms with Crippen LogP contribution in [-0.2, 0) is 9.53 Å². The molecule has 0 amide bonds. The van der Waals surface area contributed by atoms with Gasteiger partial charge < -0.3 is 15.3 Å². The molecule has 0 unspecified atom stereocenters. The van der Waals surface area contributed by atoms with Crippen LogP contribution in [0.25, 0.3) is 0 Å². The number of para-hydroxylation sites is 1. The predicted molar refractivity (Wildman–Crippen MR) is 70.7 cm³/mol. The van der Waals surface area contributed by atoms with Gasteiger partial charge in [-0.05, 0) is 11.8 Å². The number of hydrogen-bond acceptors (Lipinski definition) is 5. The Hall–Kier alpha value is -2.37. The molecule has 0 aliphatic carbocycles. The summed E-state index contributed by atoms with van der Waals surface area (Å²) in [6.07, 6.45) is 0.189. The second-order valence-electron chi connectivity index (χ2n) is 3.86. The van der Waals surface area contributed by atoms with Crippen LogP contribution in [0.5, 0.6) is 0 Å². The Morgan fingerprint density at radius 1 is 1.53 bits per heavy atom. The zero-order valence-corrected chi connectivity index (χ0v) is 11.0. The van der Waals surface area contributed by atoms with Crippen LogP contribution in [0.15, 0.2) is 41.8 Å². The summed E-state index contributed by atoms with van der Waals surface area (Å²) in [5, 5.41) is 18.3. The van der Waals surface area contributed by atoms with Crippen LogP contribution in [0.2, 0.25) is 0 Å². The van der Waals surface area contributed by atoms with Gasteiger partial charge in [0.1, 0.15) is 0 Å². The first-order valence-electron chi connectivity index (χ1n) is 5.78. The zero-order chi connectivity index (χ0) is 14.3. The molecule has 102 valence electrons. The fourth-order valence-electron chi connectivity index (χ4n) is 1.39. The minimum Gasteiger partial charge on any atom is -0.594 e. The van der Waals surface area contributed by atoms with Crippen molar-refractivity contribution in [2.45, 2.75) is 13.3 Å². The second-order valence-corrected chi connectivity index (χ2v) is 3.86. The number of aryl methyl sites for hydroxylation is 1. The summed E-state index contributed by atoms with van der Waals surface area (Å²) in [6, 6.07) is 7.10. The van der Waals surface area contributed by atoms with Crippen LogP contribution < -0.4 is 5.32 Å². The van der Waals surface area contributed by atoms with Gasteiger partial charge in [0.2, 0.25) is 5.69 Å². The lowest BCUT2D eigenvalue weighted by atomic mass is 10.2. The monoisotopic (exact) mass is 263 g/mol. The molecule has 0 spiro atoms. The van der Waals surface area contributed by atoms with Crippen LogP contribution in [0.4, 0.5) is 5.69 Å². The zero-order valence-electron chi connectivity index (χ0n) is 11.0. The molecule has 0 saturated carbocycles. The van der Waals surface area contributed by atoms with Gasteiger partial charge in [0.05, 0.1) is 13.5 Å². The van der Waals surface area contributed by atoms with Gasteiger partial charge in [-0.2, -0.15) is 0 Å². The first kappa shape index (κ1) is 14.7. The predicted octanol–water partition coefficient (Wildman–Crippen LogP) is 2.21. The fourth-order valence-corrected chi connectivity index (χ4v) is 1.39. The Morgan fingerprint density at radius 3 is 2.84 bits per heavy atom. The summed E-state index contributed by atoms with van der Waals surface area (Å²) < 4.78 is 4.49. The van der Waals surface area contributed by atoms with Crippen molar-refractivity contribution in [3.63, 3.8) is 0 Å². The van der Waals surface area contributed by atoms with E-state index in [1.54, 1.807) is 12.1 Å². The smallest absolute Gasteiger partial charge is 0.307 e. The van der Waals surface area contributed by atoms with E-state index in [1.165, 1.54) is 7.11 Å². The standard InChI is InChI=1S/C13H17N3O3/c1-10-6-4-5-7-12(10)16(18)15-11(2)14-9-8-13(17)19-3/h4-7,14H,2,8-9H2,1,3H3. The average Bonchev–Trinajstić information content (AvgIpc) is 2.38. The van der Waals surface area contributed by atoms with Gasteiger partial charge in [-0.15, -0.1) is 0 Å². The number of esters is 1. The number of carbonyl (C=O) groups is 1. The maximum atomic E-state index is 11.8. The molecule has 1 aromatic rings. The van der Waals surface area contributed by atoms with Crippen molar-refractivity contribution in [2.24, 2.45) is 5.11 Å². The van der Waals surface area contributed by atoms with E-state index < -0.39 is 0 Å². The Balaban J connectivity index is 2.57. The second kappa shape index (κ2) is 7.15. The molecule has 0 bridgehead atoms. The number of benzene rings is 1. The third kappa shape index (κ3) is 4.79. The summed E-state index contributed by atoms with van der Waals surface area (Å²) in [5.41, 5.74) is 1.28. The van der Waals surface area contributed by atoms with Crippen molar-refractivity contribution in [2.75, 3.05) is 13.7 Å². The highest BCUT2D eigenvalue weighted by Crippen LogP contribution is 2.17. The van der Waals surface area contributed by atoms with Gasteiger partial charge in [0, 0.05) is 23.3 Å². The summed E-state index contributed by atoms with van der Waals surface area (Å²) >= 11 is 0. The number of azo groups is 1. The maximum absolute atomic E-state index is 11.8. The van der Waals surface area contributed by atoms with Gasteiger partial charge >= 0.3 is 5.97 Å². The van der Waals surface area contributed by atoms with Crippen LogP contribution >= 0.6 is 0 Å². The highest BCUT2D eigenvalue weighted by atomic mass is 16.5. The van der Waals surface area contributed by atoms with Crippen LogP contribution in [0, 0.1) is 12.1 Å². The molecule has 0 aliphatic rings. The SMILES string of the molecule is C=C(N=[N+]([O-])c1ccccc1C)NCCC(=O)OC. The highest BCUT2D eigenvalue weighted by Gasteiger charge is 2.08. The highest BCUT2D eigenvalue weighted by molar-refractivity contribution is 5.69. The van der Waals surface area contributed by atoms with Gasteiger partial charge in [-0.3, -0.25) is 4.79 Å². The first-order valence-corrected chi connectivity index (χ1v) is 5.78. The lowest BCUT2D eigenvalue weighted by Crippen LogP contribution is -2.17. The molecule has 0 atom stereocenters. The Kier molecular flexibility index (Phi) is 5.53. The van der Waals surface area contributed by atoms with E-state index in [0.29, 0.717) is 17.1 Å². The number of hydrogen-bond donors (Lipinski definition) is 1. The minimum atomic E-state index is -0.335. The molecule has 0 heterocycles. The number of nitrogens with one attached hydrogen (secondary N) is 1. The third-order valence-corrected chi connectivity index (χ3v) is 2.42. The molecule has 6 nitrogen and oxygen atoms in total. The molecular weight excluding hydrogens is 246 g/mol. The Labute approximate surface area is 112 Å².